The van der Waals surface area contributed by atoms with Crippen molar-refractivity contribution >= 4 is 28.6 Å². The van der Waals surface area contributed by atoms with Gasteiger partial charge in [0.05, 0.1) is 11.9 Å². The highest BCUT2D eigenvalue weighted by atomic mass is 79.9. The first-order chi connectivity index (χ1) is 6.81. The van der Waals surface area contributed by atoms with Crippen molar-refractivity contribution in [1.82, 2.24) is 9.97 Å². The van der Waals surface area contributed by atoms with Gasteiger partial charge >= 0.3 is 0 Å². The Morgan fingerprint density at radius 1 is 1.36 bits per heavy atom. The second-order valence-corrected chi connectivity index (χ2v) is 4.05. The lowest BCUT2D eigenvalue weighted by Crippen LogP contribution is -1.81. The summed E-state index contributed by atoms with van der Waals surface area (Å²) in [5.41, 5.74) is 2.13. The molecule has 0 amide bonds. The molecule has 0 unspecified atom stereocenters. The van der Waals surface area contributed by atoms with Crippen LogP contribution in [0.5, 0.6) is 0 Å². The Morgan fingerprint density at radius 3 is 2.79 bits per heavy atom. The summed E-state index contributed by atoms with van der Waals surface area (Å²) in [6.07, 6.45) is 1.83. The molecule has 2 nitrogen and oxygen atoms in total. The molecule has 0 aliphatic heterocycles. The molecule has 4 heteroatoms. The first-order valence-corrected chi connectivity index (χ1v) is 5.63. The fraction of sp³-hybridized carbons (Fsp3) is 0.100. The molecule has 0 aliphatic rings. The van der Waals surface area contributed by atoms with Gasteiger partial charge in [0.15, 0.2) is 0 Å². The van der Waals surface area contributed by atoms with Gasteiger partial charge in [0.2, 0.25) is 0 Å². The number of nitrogens with zero attached hydrogens (tertiary/aromatic N) is 1. The van der Waals surface area contributed by atoms with E-state index >= 15 is 0 Å². The summed E-state index contributed by atoms with van der Waals surface area (Å²) in [6, 6.07) is 8.04. The van der Waals surface area contributed by atoms with E-state index in [1.807, 2.05) is 30.5 Å². The summed E-state index contributed by atoms with van der Waals surface area (Å²) in [5.74, 6) is 1.52. The van der Waals surface area contributed by atoms with Gasteiger partial charge in [0.25, 0.3) is 0 Å². The van der Waals surface area contributed by atoms with Gasteiger partial charge in [-0.2, -0.15) is 12.6 Å². The minimum absolute atomic E-state index is 0.629. The zero-order valence-electron chi connectivity index (χ0n) is 7.37. The Kier molecular flexibility index (Phi) is 2.93. The second kappa shape index (κ2) is 4.19. The van der Waals surface area contributed by atoms with Crippen LogP contribution >= 0.6 is 28.6 Å². The molecule has 0 aliphatic carbocycles. The van der Waals surface area contributed by atoms with Gasteiger partial charge < -0.3 is 4.98 Å². The molecule has 0 saturated heterocycles. The fourth-order valence-corrected chi connectivity index (χ4v) is 1.92. The van der Waals surface area contributed by atoms with Gasteiger partial charge in [0, 0.05) is 15.8 Å². The minimum atomic E-state index is 0.629. The number of hydrogen-bond acceptors (Lipinski definition) is 2. The number of rotatable bonds is 2. The Bertz CT molecular complexity index is 439. The van der Waals surface area contributed by atoms with Crippen molar-refractivity contribution < 1.29 is 0 Å². The summed E-state index contributed by atoms with van der Waals surface area (Å²) in [7, 11) is 0. The van der Waals surface area contributed by atoms with Crippen LogP contribution in [0.3, 0.4) is 0 Å². The zero-order valence-corrected chi connectivity index (χ0v) is 9.85. The van der Waals surface area contributed by atoms with Crippen LogP contribution in [0.2, 0.25) is 0 Å². The van der Waals surface area contributed by atoms with Gasteiger partial charge in [-0.3, -0.25) is 0 Å². The van der Waals surface area contributed by atoms with Crippen molar-refractivity contribution in [3.8, 4) is 11.3 Å². The molecule has 0 atom stereocenters. The number of benzene rings is 1. The third-order valence-electron chi connectivity index (χ3n) is 1.94. The Hall–Kier alpha value is -0.740. The summed E-state index contributed by atoms with van der Waals surface area (Å²) < 4.78 is 1.06. The van der Waals surface area contributed by atoms with Crippen LogP contribution < -0.4 is 0 Å². The van der Waals surface area contributed by atoms with E-state index in [2.05, 4.69) is 38.5 Å². The molecule has 0 fully saturated rings. The number of nitrogens with one attached hydrogen (secondary N) is 1. The molecule has 2 rings (SSSR count). The lowest BCUT2D eigenvalue weighted by molar-refractivity contribution is 1.13. The van der Waals surface area contributed by atoms with E-state index in [0.29, 0.717) is 5.75 Å². The molecule has 2 aromatic rings. The van der Waals surface area contributed by atoms with Crippen LogP contribution in [0.4, 0.5) is 0 Å². The molecule has 1 heterocycles. The first-order valence-electron chi connectivity index (χ1n) is 4.21. The largest absolute Gasteiger partial charge is 0.341 e. The molecular weight excluding hydrogens is 260 g/mol. The average molecular weight is 269 g/mol. The minimum Gasteiger partial charge on any atom is -0.341 e. The van der Waals surface area contributed by atoms with E-state index in [1.165, 1.54) is 0 Å². The molecule has 1 N–H and O–H groups in total. The molecule has 0 bridgehead atoms. The Morgan fingerprint density at radius 2 is 2.14 bits per heavy atom. The molecular formula is C10H9BrN2S. The van der Waals surface area contributed by atoms with Crippen LogP contribution in [0.25, 0.3) is 11.3 Å². The number of thiol groups is 1. The number of imidazole rings is 1. The van der Waals surface area contributed by atoms with Crippen LogP contribution in [0.1, 0.15) is 5.82 Å². The van der Waals surface area contributed by atoms with E-state index in [9.17, 15) is 0 Å². The van der Waals surface area contributed by atoms with Crippen LogP contribution in [0.15, 0.2) is 34.9 Å². The quantitative estimate of drug-likeness (QED) is 0.805. The van der Waals surface area contributed by atoms with E-state index in [0.717, 1.165) is 21.6 Å². The smallest absolute Gasteiger partial charge is 0.116 e. The van der Waals surface area contributed by atoms with E-state index in [4.69, 9.17) is 0 Å². The zero-order chi connectivity index (χ0) is 9.97. The maximum Gasteiger partial charge on any atom is 0.116 e. The predicted octanol–water partition coefficient (Wildman–Crippen LogP) is 3.27. The van der Waals surface area contributed by atoms with E-state index in [-0.39, 0.29) is 0 Å². The Balaban J connectivity index is 2.44. The molecule has 14 heavy (non-hydrogen) atoms. The normalized spacial score (nSPS) is 10.4. The summed E-state index contributed by atoms with van der Waals surface area (Å²) >= 11 is 7.65. The standard InChI is InChI=1S/C10H9BrN2S/c11-8-4-2-1-3-7(8)9-5-12-10(6-14)13-9/h1-5,14H,6H2,(H,12,13). The second-order valence-electron chi connectivity index (χ2n) is 2.88. The van der Waals surface area contributed by atoms with Crippen molar-refractivity contribution in [3.63, 3.8) is 0 Å². The van der Waals surface area contributed by atoms with Gasteiger partial charge in [-0.1, -0.05) is 34.1 Å². The highest BCUT2D eigenvalue weighted by molar-refractivity contribution is 9.10. The number of H-pyrrole nitrogens is 1. The molecule has 1 aromatic heterocycles. The van der Waals surface area contributed by atoms with Crippen LogP contribution in [0, 0.1) is 0 Å². The van der Waals surface area contributed by atoms with E-state index in [1.54, 1.807) is 0 Å². The predicted molar refractivity (Wildman–Crippen MR) is 64.4 cm³/mol. The lowest BCUT2D eigenvalue weighted by Gasteiger charge is -1.99. The number of aromatic nitrogens is 2. The van der Waals surface area contributed by atoms with Crippen LogP contribution in [-0.2, 0) is 5.75 Å². The third-order valence-corrected chi connectivity index (χ3v) is 2.93. The van der Waals surface area contributed by atoms with E-state index < -0.39 is 0 Å². The number of aromatic amines is 1. The molecule has 0 saturated carbocycles. The fourth-order valence-electron chi connectivity index (χ4n) is 1.26. The lowest BCUT2D eigenvalue weighted by atomic mass is 10.2. The van der Waals surface area contributed by atoms with Crippen molar-refractivity contribution in [2.45, 2.75) is 5.75 Å². The molecule has 72 valence electrons. The van der Waals surface area contributed by atoms with Crippen molar-refractivity contribution in [2.24, 2.45) is 0 Å². The molecule has 0 spiro atoms. The first kappa shape index (κ1) is 9.80. The van der Waals surface area contributed by atoms with Crippen molar-refractivity contribution in [3.05, 3.63) is 40.8 Å². The third kappa shape index (κ3) is 1.86. The maximum atomic E-state index is 4.20. The number of halogens is 1. The monoisotopic (exact) mass is 268 g/mol. The summed E-state index contributed by atoms with van der Waals surface area (Å²) in [4.78, 5) is 7.40. The topological polar surface area (TPSA) is 28.7 Å². The van der Waals surface area contributed by atoms with Gasteiger partial charge in [-0.25, -0.2) is 4.98 Å². The van der Waals surface area contributed by atoms with Crippen LogP contribution in [-0.4, -0.2) is 9.97 Å². The molecule has 0 radical (unpaired) electrons. The highest BCUT2D eigenvalue weighted by Crippen LogP contribution is 2.26. The van der Waals surface area contributed by atoms with Gasteiger partial charge in [-0.05, 0) is 6.07 Å². The highest BCUT2D eigenvalue weighted by Gasteiger charge is 2.04. The number of hydrogen-bond donors (Lipinski definition) is 2. The van der Waals surface area contributed by atoms with Crippen molar-refractivity contribution in [1.29, 1.82) is 0 Å². The average Bonchev–Trinajstić information content (AvgIpc) is 2.67. The SMILES string of the molecule is SCc1ncc(-c2ccccc2Br)[nH]1. The van der Waals surface area contributed by atoms with Gasteiger partial charge in [0.1, 0.15) is 5.82 Å². The summed E-state index contributed by atoms with van der Waals surface area (Å²) in [5, 5.41) is 0. The molecule has 1 aromatic carbocycles. The van der Waals surface area contributed by atoms with Gasteiger partial charge in [-0.15, -0.1) is 0 Å². The van der Waals surface area contributed by atoms with Crippen molar-refractivity contribution in [2.75, 3.05) is 0 Å². The maximum absolute atomic E-state index is 4.20. The summed E-state index contributed by atoms with van der Waals surface area (Å²) in [6.45, 7) is 0. The Labute approximate surface area is 96.3 Å².